The van der Waals surface area contributed by atoms with Crippen LogP contribution < -0.4 is 5.32 Å². The van der Waals surface area contributed by atoms with Crippen molar-refractivity contribution in [2.75, 3.05) is 7.11 Å². The van der Waals surface area contributed by atoms with Gasteiger partial charge in [-0.3, -0.25) is 4.79 Å². The van der Waals surface area contributed by atoms with Crippen LogP contribution in [0.2, 0.25) is 0 Å². The molecule has 0 fully saturated rings. The van der Waals surface area contributed by atoms with Crippen LogP contribution in [0.5, 0.6) is 0 Å². The predicted molar refractivity (Wildman–Crippen MR) is 54.7 cm³/mol. The lowest BCUT2D eigenvalue weighted by molar-refractivity contribution is -0.142. The summed E-state index contributed by atoms with van der Waals surface area (Å²) in [5.74, 6) is -1.74. The molecule has 1 N–H and O–H groups in total. The maximum absolute atomic E-state index is 13.2. The van der Waals surface area contributed by atoms with Gasteiger partial charge in [0.15, 0.2) is 0 Å². The molecule has 0 saturated heterocycles. The number of rotatable bonds is 4. The van der Waals surface area contributed by atoms with Crippen molar-refractivity contribution in [2.45, 2.75) is 19.5 Å². The van der Waals surface area contributed by atoms with E-state index in [1.807, 2.05) is 0 Å². The van der Waals surface area contributed by atoms with Crippen LogP contribution in [0.4, 0.5) is 8.78 Å². The van der Waals surface area contributed by atoms with E-state index in [-0.39, 0.29) is 12.1 Å². The molecule has 16 heavy (non-hydrogen) atoms. The molecule has 1 atom stereocenters. The Hall–Kier alpha value is -1.49. The second-order valence-electron chi connectivity index (χ2n) is 3.33. The Labute approximate surface area is 92.4 Å². The highest BCUT2D eigenvalue weighted by Crippen LogP contribution is 2.11. The first-order chi connectivity index (χ1) is 7.56. The van der Waals surface area contributed by atoms with E-state index in [2.05, 4.69) is 10.1 Å². The van der Waals surface area contributed by atoms with E-state index in [9.17, 15) is 13.6 Å². The number of halogens is 2. The van der Waals surface area contributed by atoms with Crippen LogP contribution in [0, 0.1) is 11.6 Å². The van der Waals surface area contributed by atoms with E-state index in [1.54, 1.807) is 6.92 Å². The molecule has 0 aliphatic heterocycles. The van der Waals surface area contributed by atoms with Crippen LogP contribution in [0.15, 0.2) is 18.2 Å². The fraction of sp³-hybridized carbons (Fsp3) is 0.364. The fourth-order valence-corrected chi connectivity index (χ4v) is 1.22. The number of ether oxygens (including phenoxy) is 1. The number of nitrogens with one attached hydrogen (secondary N) is 1. The highest BCUT2D eigenvalue weighted by molar-refractivity contribution is 5.75. The molecule has 0 aliphatic rings. The summed E-state index contributed by atoms with van der Waals surface area (Å²) in [6, 6.07) is 3.02. The van der Waals surface area contributed by atoms with Crippen molar-refractivity contribution < 1.29 is 18.3 Å². The first-order valence-corrected chi connectivity index (χ1v) is 4.80. The second-order valence-corrected chi connectivity index (χ2v) is 3.33. The van der Waals surface area contributed by atoms with Crippen molar-refractivity contribution in [1.29, 1.82) is 0 Å². The molecule has 1 unspecified atom stereocenters. The van der Waals surface area contributed by atoms with Crippen LogP contribution >= 0.6 is 0 Å². The van der Waals surface area contributed by atoms with Gasteiger partial charge in [-0.2, -0.15) is 0 Å². The van der Waals surface area contributed by atoms with Crippen molar-refractivity contribution in [2.24, 2.45) is 0 Å². The van der Waals surface area contributed by atoms with Gasteiger partial charge < -0.3 is 10.1 Å². The Morgan fingerprint density at radius 2 is 2.00 bits per heavy atom. The number of benzene rings is 1. The van der Waals surface area contributed by atoms with Gasteiger partial charge in [-0.05, 0) is 19.1 Å². The van der Waals surface area contributed by atoms with Gasteiger partial charge in [0, 0.05) is 12.1 Å². The van der Waals surface area contributed by atoms with Gasteiger partial charge in [0.25, 0.3) is 0 Å². The van der Waals surface area contributed by atoms with Gasteiger partial charge in [0.05, 0.1) is 7.11 Å². The van der Waals surface area contributed by atoms with Crippen molar-refractivity contribution in [3.63, 3.8) is 0 Å². The predicted octanol–water partition coefficient (Wildman–Crippen LogP) is 1.62. The summed E-state index contributed by atoms with van der Waals surface area (Å²) in [5.41, 5.74) is -0.0850. The third kappa shape index (κ3) is 3.00. The highest BCUT2D eigenvalue weighted by Gasteiger charge is 2.14. The summed E-state index contributed by atoms with van der Waals surface area (Å²) in [7, 11) is 1.25. The van der Waals surface area contributed by atoms with E-state index in [0.29, 0.717) is 0 Å². The molecule has 0 bridgehead atoms. The quantitative estimate of drug-likeness (QED) is 0.797. The molecule has 3 nitrogen and oxygen atoms in total. The highest BCUT2D eigenvalue weighted by atomic mass is 19.1. The normalized spacial score (nSPS) is 12.2. The van der Waals surface area contributed by atoms with Gasteiger partial charge >= 0.3 is 5.97 Å². The number of carbonyl (C=O) groups excluding carboxylic acids is 1. The summed E-state index contributed by atoms with van der Waals surface area (Å²) in [4.78, 5) is 11.0. The van der Waals surface area contributed by atoms with Crippen molar-refractivity contribution in [1.82, 2.24) is 5.32 Å². The van der Waals surface area contributed by atoms with E-state index in [4.69, 9.17) is 0 Å². The Kier molecular flexibility index (Phi) is 4.37. The first kappa shape index (κ1) is 12.6. The average Bonchev–Trinajstić information content (AvgIpc) is 2.27. The van der Waals surface area contributed by atoms with Crippen LogP contribution in [-0.4, -0.2) is 19.1 Å². The van der Waals surface area contributed by atoms with Crippen molar-refractivity contribution >= 4 is 5.97 Å². The molecule has 0 amide bonds. The monoisotopic (exact) mass is 229 g/mol. The number of methoxy groups -OCH3 is 1. The smallest absolute Gasteiger partial charge is 0.322 e. The van der Waals surface area contributed by atoms with Crippen LogP contribution in [0.25, 0.3) is 0 Å². The number of hydrogen-bond acceptors (Lipinski definition) is 3. The molecular weight excluding hydrogens is 216 g/mol. The molecule has 0 radical (unpaired) electrons. The fourth-order valence-electron chi connectivity index (χ4n) is 1.22. The number of esters is 1. The van der Waals surface area contributed by atoms with Gasteiger partial charge in [-0.1, -0.05) is 6.07 Å². The minimum absolute atomic E-state index is 0.0607. The molecule has 1 rings (SSSR count). The SMILES string of the molecule is COC(=O)C(C)NCc1c(F)cccc1F. The zero-order valence-electron chi connectivity index (χ0n) is 9.09. The third-order valence-corrected chi connectivity index (χ3v) is 2.20. The second kappa shape index (κ2) is 5.55. The molecule has 0 aliphatic carbocycles. The van der Waals surface area contributed by atoms with Crippen LogP contribution in [0.3, 0.4) is 0 Å². The Balaban J connectivity index is 2.64. The first-order valence-electron chi connectivity index (χ1n) is 4.80. The molecular formula is C11H13F2NO2. The zero-order valence-corrected chi connectivity index (χ0v) is 9.09. The maximum atomic E-state index is 13.2. The van der Waals surface area contributed by atoms with Gasteiger partial charge in [-0.25, -0.2) is 8.78 Å². The van der Waals surface area contributed by atoms with E-state index in [1.165, 1.54) is 25.3 Å². The maximum Gasteiger partial charge on any atom is 0.322 e. The molecule has 0 aromatic heterocycles. The van der Waals surface area contributed by atoms with E-state index in [0.717, 1.165) is 0 Å². The zero-order chi connectivity index (χ0) is 12.1. The summed E-state index contributed by atoms with van der Waals surface area (Å²) < 4.78 is 30.8. The van der Waals surface area contributed by atoms with Crippen molar-refractivity contribution in [3.8, 4) is 0 Å². The minimum atomic E-state index is -0.635. The molecule has 1 aromatic rings. The summed E-state index contributed by atoms with van der Waals surface area (Å²) in [6.07, 6.45) is 0. The third-order valence-electron chi connectivity index (χ3n) is 2.20. The lowest BCUT2D eigenvalue weighted by Crippen LogP contribution is -2.34. The molecule has 0 saturated carbocycles. The standard InChI is InChI=1S/C11H13F2NO2/c1-7(11(15)16-2)14-6-8-9(12)4-3-5-10(8)13/h3-5,7,14H,6H2,1-2H3. The van der Waals surface area contributed by atoms with Crippen LogP contribution in [-0.2, 0) is 16.1 Å². The largest absolute Gasteiger partial charge is 0.468 e. The average molecular weight is 229 g/mol. The van der Waals surface area contributed by atoms with E-state index < -0.39 is 23.6 Å². The molecule has 88 valence electrons. The summed E-state index contributed by atoms with van der Waals surface area (Å²) in [6.45, 7) is 1.50. The lowest BCUT2D eigenvalue weighted by Gasteiger charge is -2.12. The molecule has 0 spiro atoms. The summed E-state index contributed by atoms with van der Waals surface area (Å²) in [5, 5.41) is 2.68. The van der Waals surface area contributed by atoms with Gasteiger partial charge in [0.2, 0.25) is 0 Å². The van der Waals surface area contributed by atoms with Crippen molar-refractivity contribution in [3.05, 3.63) is 35.4 Å². The Bertz CT molecular complexity index is 362. The lowest BCUT2D eigenvalue weighted by atomic mass is 10.2. The van der Waals surface area contributed by atoms with Gasteiger partial charge in [-0.15, -0.1) is 0 Å². The minimum Gasteiger partial charge on any atom is -0.468 e. The summed E-state index contributed by atoms with van der Waals surface area (Å²) >= 11 is 0. The molecule has 0 heterocycles. The number of carbonyl (C=O) groups is 1. The van der Waals surface area contributed by atoms with Gasteiger partial charge in [0.1, 0.15) is 17.7 Å². The topological polar surface area (TPSA) is 38.3 Å². The molecule has 1 aromatic carbocycles. The molecule has 5 heteroatoms. The van der Waals surface area contributed by atoms with Crippen LogP contribution in [0.1, 0.15) is 12.5 Å². The number of hydrogen-bond donors (Lipinski definition) is 1. The Morgan fingerprint density at radius 3 is 2.50 bits per heavy atom. The Morgan fingerprint density at radius 1 is 1.44 bits per heavy atom. The van der Waals surface area contributed by atoms with E-state index >= 15 is 0 Å².